The van der Waals surface area contributed by atoms with Crippen LogP contribution < -0.4 is 47.9 Å². The standard InChI is InChI=1S/C18H45N9/c1-2-20-5-6-22-9-10-24-13-14-26-17-18-27-16-15-25-12-11-23-8-7-21-4-3-19-1/h19-27H,1-18H2. The van der Waals surface area contributed by atoms with E-state index in [1.807, 2.05) is 0 Å². The third-order valence-electron chi connectivity index (χ3n) is 4.31. The van der Waals surface area contributed by atoms with Gasteiger partial charge in [0, 0.05) is 118 Å². The average molecular weight is 388 g/mol. The van der Waals surface area contributed by atoms with E-state index in [0.29, 0.717) is 0 Å². The van der Waals surface area contributed by atoms with Crippen molar-refractivity contribution in [2.75, 3.05) is 118 Å². The molecule has 27 heavy (non-hydrogen) atoms. The summed E-state index contributed by atoms with van der Waals surface area (Å²) in [5, 5.41) is 31.1. The molecule has 0 atom stereocenters. The Kier molecular flexibility index (Phi) is 20.0. The summed E-state index contributed by atoms with van der Waals surface area (Å²) in [6, 6.07) is 0. The summed E-state index contributed by atoms with van der Waals surface area (Å²) in [7, 11) is 0. The number of rotatable bonds is 0. The van der Waals surface area contributed by atoms with E-state index >= 15 is 0 Å². The van der Waals surface area contributed by atoms with Gasteiger partial charge in [-0.25, -0.2) is 0 Å². The first kappa shape index (κ1) is 24.7. The minimum absolute atomic E-state index is 1.02. The van der Waals surface area contributed by atoms with Gasteiger partial charge in [-0.05, 0) is 0 Å². The van der Waals surface area contributed by atoms with E-state index in [4.69, 9.17) is 0 Å². The van der Waals surface area contributed by atoms with Crippen LogP contribution in [-0.2, 0) is 0 Å². The summed E-state index contributed by atoms with van der Waals surface area (Å²) in [6.07, 6.45) is 0. The molecule has 9 N–H and O–H groups in total. The molecule has 1 rings (SSSR count). The van der Waals surface area contributed by atoms with Gasteiger partial charge in [0.05, 0.1) is 0 Å². The topological polar surface area (TPSA) is 108 Å². The minimum Gasteiger partial charge on any atom is -0.314 e. The molecule has 0 aliphatic carbocycles. The van der Waals surface area contributed by atoms with Crippen molar-refractivity contribution in [2.24, 2.45) is 0 Å². The zero-order valence-corrected chi connectivity index (χ0v) is 17.2. The van der Waals surface area contributed by atoms with Crippen molar-refractivity contribution in [3.8, 4) is 0 Å². The maximum atomic E-state index is 3.45. The van der Waals surface area contributed by atoms with Gasteiger partial charge in [0.15, 0.2) is 0 Å². The van der Waals surface area contributed by atoms with Crippen LogP contribution in [-0.4, -0.2) is 118 Å². The molecule has 1 heterocycles. The van der Waals surface area contributed by atoms with E-state index in [2.05, 4.69) is 47.9 Å². The summed E-state index contributed by atoms with van der Waals surface area (Å²) in [4.78, 5) is 0. The molecule has 1 aliphatic rings. The molecule has 0 saturated carbocycles. The highest BCUT2D eigenvalue weighted by Crippen LogP contribution is 1.67. The second-order valence-corrected chi connectivity index (χ2v) is 6.75. The van der Waals surface area contributed by atoms with E-state index in [9.17, 15) is 0 Å². The summed E-state index contributed by atoms with van der Waals surface area (Å²) in [5.74, 6) is 0. The molecular formula is C18H45N9. The molecule has 162 valence electrons. The molecule has 0 aromatic carbocycles. The predicted octanol–water partition coefficient (Wildman–Crippen LogP) is -3.69. The molecule has 0 unspecified atom stereocenters. The third-order valence-corrected chi connectivity index (χ3v) is 4.31. The fourth-order valence-electron chi connectivity index (χ4n) is 2.72. The van der Waals surface area contributed by atoms with Gasteiger partial charge < -0.3 is 47.9 Å². The minimum atomic E-state index is 1.02. The zero-order chi connectivity index (χ0) is 19.1. The second-order valence-electron chi connectivity index (χ2n) is 6.75. The van der Waals surface area contributed by atoms with Crippen LogP contribution in [0.2, 0.25) is 0 Å². The van der Waals surface area contributed by atoms with E-state index in [0.717, 1.165) is 118 Å². The first-order chi connectivity index (χ1) is 13.5. The van der Waals surface area contributed by atoms with Gasteiger partial charge in [0.25, 0.3) is 0 Å². The lowest BCUT2D eigenvalue weighted by molar-refractivity contribution is 0.547. The van der Waals surface area contributed by atoms with Gasteiger partial charge in [-0.15, -0.1) is 0 Å². The summed E-state index contributed by atoms with van der Waals surface area (Å²) < 4.78 is 0. The van der Waals surface area contributed by atoms with Crippen molar-refractivity contribution >= 4 is 0 Å². The van der Waals surface area contributed by atoms with Crippen LogP contribution in [0.5, 0.6) is 0 Å². The van der Waals surface area contributed by atoms with Gasteiger partial charge in [0.1, 0.15) is 0 Å². The highest BCUT2D eigenvalue weighted by Gasteiger charge is 1.93. The van der Waals surface area contributed by atoms with Crippen molar-refractivity contribution in [2.45, 2.75) is 0 Å². The van der Waals surface area contributed by atoms with Gasteiger partial charge in [-0.3, -0.25) is 0 Å². The molecule has 1 fully saturated rings. The first-order valence-corrected chi connectivity index (χ1v) is 10.9. The number of hydrogen-bond acceptors (Lipinski definition) is 9. The van der Waals surface area contributed by atoms with Crippen LogP contribution in [0.4, 0.5) is 0 Å². The number of hydrogen-bond donors (Lipinski definition) is 9. The van der Waals surface area contributed by atoms with Crippen LogP contribution in [0.3, 0.4) is 0 Å². The Labute approximate surface area is 166 Å². The lowest BCUT2D eigenvalue weighted by Gasteiger charge is -2.09. The molecule has 0 spiro atoms. The second kappa shape index (κ2) is 21.9. The van der Waals surface area contributed by atoms with Gasteiger partial charge >= 0.3 is 0 Å². The van der Waals surface area contributed by atoms with Crippen molar-refractivity contribution in [3.63, 3.8) is 0 Å². The monoisotopic (exact) mass is 387 g/mol. The van der Waals surface area contributed by atoms with Crippen molar-refractivity contribution < 1.29 is 0 Å². The lowest BCUT2D eigenvalue weighted by Crippen LogP contribution is -2.38. The summed E-state index contributed by atoms with van der Waals surface area (Å²) >= 11 is 0. The first-order valence-electron chi connectivity index (χ1n) is 10.9. The molecule has 1 aliphatic heterocycles. The van der Waals surface area contributed by atoms with Crippen LogP contribution in [0.25, 0.3) is 0 Å². The van der Waals surface area contributed by atoms with E-state index < -0.39 is 0 Å². The SMILES string of the molecule is C1CNCCNCCNCCNCCNCCNCCNCCNCCN1. The van der Waals surface area contributed by atoms with Gasteiger partial charge in [-0.2, -0.15) is 0 Å². The van der Waals surface area contributed by atoms with Crippen molar-refractivity contribution in [1.82, 2.24) is 47.9 Å². The predicted molar refractivity (Wildman–Crippen MR) is 116 cm³/mol. The van der Waals surface area contributed by atoms with Crippen LogP contribution in [0.15, 0.2) is 0 Å². The molecule has 9 heteroatoms. The average Bonchev–Trinajstić information content (AvgIpc) is 2.68. The lowest BCUT2D eigenvalue weighted by atomic mass is 10.5. The molecule has 0 aromatic rings. The Morgan fingerprint density at radius 3 is 0.296 bits per heavy atom. The molecule has 0 amide bonds. The maximum absolute atomic E-state index is 3.45. The Morgan fingerprint density at radius 2 is 0.222 bits per heavy atom. The number of nitrogens with one attached hydrogen (secondary N) is 9. The quantitative estimate of drug-likeness (QED) is 0.208. The zero-order valence-electron chi connectivity index (χ0n) is 17.2. The maximum Gasteiger partial charge on any atom is 0.00772 e. The van der Waals surface area contributed by atoms with Crippen LogP contribution >= 0.6 is 0 Å². The van der Waals surface area contributed by atoms with Crippen LogP contribution in [0.1, 0.15) is 0 Å². The Bertz CT molecular complexity index is 153. The Morgan fingerprint density at radius 1 is 0.148 bits per heavy atom. The normalized spacial score (nSPS) is 24.0. The molecule has 1 saturated heterocycles. The Balaban J connectivity index is 2.00. The van der Waals surface area contributed by atoms with Crippen LogP contribution in [0, 0.1) is 0 Å². The van der Waals surface area contributed by atoms with Gasteiger partial charge in [-0.1, -0.05) is 0 Å². The fourth-order valence-corrected chi connectivity index (χ4v) is 2.72. The Hall–Kier alpha value is -0.360. The highest BCUT2D eigenvalue weighted by molar-refractivity contribution is 4.61. The van der Waals surface area contributed by atoms with E-state index in [1.54, 1.807) is 0 Å². The third kappa shape index (κ3) is 20.2. The smallest absolute Gasteiger partial charge is 0.00772 e. The molecule has 0 aromatic heterocycles. The molecule has 0 bridgehead atoms. The van der Waals surface area contributed by atoms with Crippen molar-refractivity contribution in [1.29, 1.82) is 0 Å². The van der Waals surface area contributed by atoms with E-state index in [1.165, 1.54) is 0 Å². The molecule has 9 nitrogen and oxygen atoms in total. The largest absolute Gasteiger partial charge is 0.314 e. The van der Waals surface area contributed by atoms with Gasteiger partial charge in [0.2, 0.25) is 0 Å². The summed E-state index contributed by atoms with van der Waals surface area (Å²) in [6.45, 7) is 18.4. The highest BCUT2D eigenvalue weighted by atomic mass is 15.0. The van der Waals surface area contributed by atoms with Crippen molar-refractivity contribution in [3.05, 3.63) is 0 Å². The molecular weight excluding hydrogens is 342 g/mol. The fraction of sp³-hybridized carbons (Fsp3) is 1.00. The summed E-state index contributed by atoms with van der Waals surface area (Å²) in [5.41, 5.74) is 0. The molecule has 0 radical (unpaired) electrons. The van der Waals surface area contributed by atoms with E-state index in [-0.39, 0.29) is 0 Å².